The Morgan fingerprint density at radius 3 is 2.34 bits per heavy atom. The van der Waals surface area contributed by atoms with Crippen molar-refractivity contribution in [2.24, 2.45) is 23.7 Å². The molecule has 7 nitrogen and oxygen atoms in total. The summed E-state index contributed by atoms with van der Waals surface area (Å²) in [7, 11) is 1.52. The summed E-state index contributed by atoms with van der Waals surface area (Å²) in [6, 6.07) is 0. The molecule has 164 valence electrons. The second-order valence-corrected chi connectivity index (χ2v) is 8.74. The van der Waals surface area contributed by atoms with Gasteiger partial charge in [-0.25, -0.2) is 0 Å². The van der Waals surface area contributed by atoms with Crippen molar-refractivity contribution in [3.8, 4) is 0 Å². The minimum atomic E-state index is -0.0944. The Morgan fingerprint density at radius 2 is 1.79 bits per heavy atom. The fraction of sp³-hybridized carbons (Fsp3) is 0.773. The van der Waals surface area contributed by atoms with Crippen LogP contribution in [-0.2, 0) is 19.1 Å². The molecule has 0 bridgehead atoms. The van der Waals surface area contributed by atoms with Crippen LogP contribution in [0.2, 0.25) is 0 Å². The molecule has 0 aromatic heterocycles. The van der Waals surface area contributed by atoms with E-state index >= 15 is 0 Å². The maximum Gasteiger partial charge on any atom is 0.246 e. The molecule has 2 aliphatic rings. The van der Waals surface area contributed by atoms with Gasteiger partial charge in [0, 0.05) is 53.2 Å². The average molecular weight is 408 g/mol. The first kappa shape index (κ1) is 23.4. The van der Waals surface area contributed by atoms with Crippen LogP contribution in [-0.4, -0.2) is 74.0 Å². The van der Waals surface area contributed by atoms with Crippen molar-refractivity contribution in [1.82, 2.24) is 15.1 Å². The Bertz CT molecular complexity index is 624. The summed E-state index contributed by atoms with van der Waals surface area (Å²) in [5, 5.41) is 2.96. The lowest BCUT2D eigenvalue weighted by molar-refractivity contribution is -0.139. The van der Waals surface area contributed by atoms with Gasteiger partial charge in [-0.3, -0.25) is 14.4 Å². The molecule has 1 saturated heterocycles. The van der Waals surface area contributed by atoms with E-state index in [0.29, 0.717) is 51.0 Å². The molecule has 0 aromatic carbocycles. The number of amides is 3. The summed E-state index contributed by atoms with van der Waals surface area (Å²) >= 11 is 0. The average Bonchev–Trinajstić information content (AvgIpc) is 2.68. The normalized spacial score (nSPS) is 25.0. The van der Waals surface area contributed by atoms with Crippen molar-refractivity contribution in [3.05, 3.63) is 11.6 Å². The summed E-state index contributed by atoms with van der Waals surface area (Å²) in [4.78, 5) is 39.8. The monoisotopic (exact) mass is 407 g/mol. The van der Waals surface area contributed by atoms with Gasteiger partial charge in [0.25, 0.3) is 0 Å². The van der Waals surface area contributed by atoms with Gasteiger partial charge in [0.05, 0.1) is 0 Å². The van der Waals surface area contributed by atoms with E-state index in [1.807, 2.05) is 4.90 Å². The first-order valence-corrected chi connectivity index (χ1v) is 10.7. The molecule has 0 saturated carbocycles. The Kier molecular flexibility index (Phi) is 8.68. The predicted molar refractivity (Wildman–Crippen MR) is 112 cm³/mol. The Labute approximate surface area is 174 Å². The number of hydrogen-bond donors (Lipinski definition) is 1. The Morgan fingerprint density at radius 1 is 1.17 bits per heavy atom. The molecular weight excluding hydrogens is 370 g/mol. The second kappa shape index (κ2) is 10.8. The van der Waals surface area contributed by atoms with E-state index in [-0.39, 0.29) is 36.2 Å². The maximum atomic E-state index is 12.9. The van der Waals surface area contributed by atoms with Crippen LogP contribution in [0, 0.1) is 23.7 Å². The number of nitrogens with zero attached hydrogens (tertiary/aromatic N) is 2. The van der Waals surface area contributed by atoms with Crippen LogP contribution in [0.4, 0.5) is 0 Å². The maximum absolute atomic E-state index is 12.9. The van der Waals surface area contributed by atoms with Crippen LogP contribution >= 0.6 is 0 Å². The number of nitrogens with one attached hydrogen (secondary N) is 1. The predicted octanol–water partition coefficient (Wildman–Crippen LogP) is 1.68. The van der Waals surface area contributed by atoms with Crippen LogP contribution in [0.5, 0.6) is 0 Å². The zero-order valence-corrected chi connectivity index (χ0v) is 18.6. The van der Waals surface area contributed by atoms with Crippen molar-refractivity contribution in [2.75, 3.05) is 46.4 Å². The fourth-order valence-electron chi connectivity index (χ4n) is 4.53. The van der Waals surface area contributed by atoms with Gasteiger partial charge in [0.1, 0.15) is 6.61 Å². The first-order chi connectivity index (χ1) is 13.7. The molecule has 0 radical (unpaired) electrons. The highest BCUT2D eigenvalue weighted by Gasteiger charge is 2.34. The highest BCUT2D eigenvalue weighted by atomic mass is 16.5. The van der Waals surface area contributed by atoms with Gasteiger partial charge < -0.3 is 19.9 Å². The number of methoxy groups -OCH3 is 1. The molecule has 3 unspecified atom stereocenters. The van der Waals surface area contributed by atoms with E-state index in [1.54, 1.807) is 11.8 Å². The van der Waals surface area contributed by atoms with Gasteiger partial charge in [0.15, 0.2) is 0 Å². The van der Waals surface area contributed by atoms with Crippen LogP contribution in [0.3, 0.4) is 0 Å². The summed E-state index contributed by atoms with van der Waals surface area (Å²) in [5.41, 5.74) is 1.24. The zero-order valence-electron chi connectivity index (χ0n) is 18.6. The third kappa shape index (κ3) is 6.56. The van der Waals surface area contributed by atoms with Crippen molar-refractivity contribution in [1.29, 1.82) is 0 Å². The molecule has 7 heteroatoms. The van der Waals surface area contributed by atoms with Crippen molar-refractivity contribution >= 4 is 17.7 Å². The van der Waals surface area contributed by atoms with Gasteiger partial charge in [0.2, 0.25) is 17.7 Å². The van der Waals surface area contributed by atoms with Gasteiger partial charge >= 0.3 is 0 Å². The Balaban J connectivity index is 1.96. The molecule has 1 N–H and O–H groups in total. The fourth-order valence-corrected chi connectivity index (χ4v) is 4.53. The standard InChI is InChI=1S/C22H37N3O4/c1-15(2)20-11-18(16(3)10-19(20)13-23-21(27)14-29-5)12-22(28)25-8-6-24(7-9-25)17(4)26/h10,15,18-20H,6-9,11-14H2,1-5H3,(H,23,27). The smallest absolute Gasteiger partial charge is 0.246 e. The molecule has 1 fully saturated rings. The van der Waals surface area contributed by atoms with E-state index in [1.165, 1.54) is 12.7 Å². The zero-order chi connectivity index (χ0) is 21.6. The highest BCUT2D eigenvalue weighted by Crippen LogP contribution is 2.39. The van der Waals surface area contributed by atoms with Gasteiger partial charge in [-0.2, -0.15) is 0 Å². The van der Waals surface area contributed by atoms with Gasteiger partial charge in [-0.1, -0.05) is 25.5 Å². The van der Waals surface area contributed by atoms with Crippen molar-refractivity contribution in [2.45, 2.75) is 40.5 Å². The quantitative estimate of drug-likeness (QED) is 0.652. The lowest BCUT2D eigenvalue weighted by Crippen LogP contribution is -2.50. The second-order valence-electron chi connectivity index (χ2n) is 8.74. The SMILES string of the molecule is COCC(=O)NCC1C=C(C)C(CC(=O)N2CCN(C(C)=O)CC2)CC1C(C)C. The van der Waals surface area contributed by atoms with Crippen LogP contribution in [0.15, 0.2) is 11.6 Å². The van der Waals surface area contributed by atoms with Crippen LogP contribution in [0.1, 0.15) is 40.5 Å². The van der Waals surface area contributed by atoms with Crippen LogP contribution < -0.4 is 5.32 Å². The largest absolute Gasteiger partial charge is 0.375 e. The van der Waals surface area contributed by atoms with Gasteiger partial charge in [-0.15, -0.1) is 0 Å². The molecule has 0 spiro atoms. The summed E-state index contributed by atoms with van der Waals surface area (Å²) in [5.74, 6) is 1.58. The molecule has 3 amide bonds. The minimum absolute atomic E-state index is 0.0755. The van der Waals surface area contributed by atoms with E-state index in [0.717, 1.165) is 6.42 Å². The number of carbonyl (C=O) groups is 3. The topological polar surface area (TPSA) is 79.0 Å². The van der Waals surface area contributed by atoms with Gasteiger partial charge in [-0.05, 0) is 37.0 Å². The summed E-state index contributed by atoms with van der Waals surface area (Å²) in [6.45, 7) is 11.3. The number of allylic oxidation sites excluding steroid dienone is 1. The number of hydrogen-bond acceptors (Lipinski definition) is 4. The summed E-state index contributed by atoms with van der Waals surface area (Å²) < 4.78 is 4.89. The Hall–Kier alpha value is -1.89. The van der Waals surface area contributed by atoms with Crippen LogP contribution in [0.25, 0.3) is 0 Å². The molecule has 1 aliphatic heterocycles. The molecule has 3 atom stereocenters. The van der Waals surface area contributed by atoms with E-state index in [2.05, 4.69) is 32.2 Å². The number of piperazine rings is 1. The third-order valence-corrected chi connectivity index (χ3v) is 6.39. The van der Waals surface area contributed by atoms with E-state index in [4.69, 9.17) is 4.74 Å². The lowest BCUT2D eigenvalue weighted by Gasteiger charge is -2.39. The highest BCUT2D eigenvalue weighted by molar-refractivity contribution is 5.78. The molecule has 1 aliphatic carbocycles. The molecule has 2 rings (SSSR count). The number of carbonyl (C=O) groups excluding carboxylic acids is 3. The molecular formula is C22H37N3O4. The third-order valence-electron chi connectivity index (χ3n) is 6.39. The minimum Gasteiger partial charge on any atom is -0.375 e. The molecule has 0 aromatic rings. The van der Waals surface area contributed by atoms with E-state index < -0.39 is 0 Å². The van der Waals surface area contributed by atoms with Crippen molar-refractivity contribution < 1.29 is 19.1 Å². The summed E-state index contributed by atoms with van der Waals surface area (Å²) in [6.07, 6.45) is 3.74. The van der Waals surface area contributed by atoms with Crippen molar-refractivity contribution in [3.63, 3.8) is 0 Å². The van der Waals surface area contributed by atoms with E-state index in [9.17, 15) is 14.4 Å². The number of rotatable bonds is 7. The molecule has 1 heterocycles. The molecule has 29 heavy (non-hydrogen) atoms. The lowest BCUT2D eigenvalue weighted by atomic mass is 9.69. The number of ether oxygens (including phenoxy) is 1. The first-order valence-electron chi connectivity index (χ1n) is 10.7.